The van der Waals surface area contributed by atoms with Crippen molar-refractivity contribution in [2.45, 2.75) is 180 Å². The number of likely N-dealkylation sites (N-methyl/N-ethyl adjacent to an activating group) is 1. The Hall–Kier alpha value is -3.92. The second-order valence-corrected chi connectivity index (χ2v) is 20.9. The Bertz CT molecular complexity index is 2010. The number of hydrogen-bond acceptors (Lipinski definition) is 17. The molecular weight excluding hydrogens is 914 g/mol. The number of fused-ring (bicyclic) bond motifs is 1. The van der Waals surface area contributed by atoms with Crippen LogP contribution in [0.4, 0.5) is 14.4 Å². The van der Waals surface area contributed by atoms with E-state index in [9.17, 15) is 23.4 Å². The van der Waals surface area contributed by atoms with Crippen molar-refractivity contribution in [3.8, 4) is 11.3 Å². The van der Waals surface area contributed by atoms with Crippen molar-refractivity contribution >= 4 is 41.7 Å². The molecule has 0 radical (unpaired) electrons. The molecule has 0 bridgehead atoms. The van der Waals surface area contributed by atoms with Gasteiger partial charge < -0.3 is 49.5 Å². The molecule has 69 heavy (non-hydrogen) atoms. The molecule has 2 aromatic rings. The molecule has 5 rings (SSSR count). The van der Waals surface area contributed by atoms with Crippen molar-refractivity contribution in [2.75, 3.05) is 46.3 Å². The third kappa shape index (κ3) is 14.8. The van der Waals surface area contributed by atoms with E-state index in [0.717, 1.165) is 5.56 Å². The van der Waals surface area contributed by atoms with Crippen LogP contribution >= 0.6 is 12.1 Å². The fraction of sp³-hybridized carbons (Fsp3) is 0.755. The Kier molecular flexibility index (Phi) is 20.9. The molecule has 18 nitrogen and oxygen atoms in total. The van der Waals surface area contributed by atoms with Crippen LogP contribution in [0.5, 0.6) is 0 Å². The summed E-state index contributed by atoms with van der Waals surface area (Å²) in [5.74, 6) is -5.18. The zero-order valence-electron chi connectivity index (χ0n) is 43.2. The summed E-state index contributed by atoms with van der Waals surface area (Å²) in [4.78, 5) is 61.0. The zero-order valence-corrected chi connectivity index (χ0v) is 44.0. The summed E-state index contributed by atoms with van der Waals surface area (Å²) < 4.78 is 49.5. The summed E-state index contributed by atoms with van der Waals surface area (Å²) >= 11 is 0.250. The molecule has 3 unspecified atom stereocenters. The predicted molar refractivity (Wildman–Crippen MR) is 261 cm³/mol. The third-order valence-corrected chi connectivity index (χ3v) is 13.5. The Morgan fingerprint density at radius 3 is 2.39 bits per heavy atom. The van der Waals surface area contributed by atoms with Crippen molar-refractivity contribution in [1.29, 1.82) is 0 Å². The summed E-state index contributed by atoms with van der Waals surface area (Å²) in [5.41, 5.74) is 4.71. The molecule has 4 N–H and O–H groups in total. The molecular formula is C49H80FN7O11S. The number of nitrogens with zero attached hydrogens (tertiary/aromatic N) is 5. The Labute approximate surface area is 412 Å². The summed E-state index contributed by atoms with van der Waals surface area (Å²) in [6, 6.07) is 6.14. The lowest BCUT2D eigenvalue weighted by atomic mass is 9.77. The third-order valence-electron chi connectivity index (χ3n) is 13.5. The first-order valence-corrected chi connectivity index (χ1v) is 25.3. The van der Waals surface area contributed by atoms with E-state index >= 15 is 4.79 Å². The SMILES string of the molecule is CC[C@H]1OC(=O)[C@H](CC(=O)OC(C)(C)C)C(=O)[C@H](C)[C@@H](O[C@@H]2OC(C)CC(N(C)C)C2O)[C@](C)(OC)C[C@@H](C)CN[C@H](C)[C@H]2N(CCCCn3cc(-c4cccc(N)c4)nn3)C(=O)O[C@]12C.CSF. The van der Waals surface area contributed by atoms with Crippen molar-refractivity contribution in [3.05, 3.63) is 30.5 Å². The predicted octanol–water partition coefficient (Wildman–Crippen LogP) is 6.23. The molecule has 0 saturated carbocycles. The van der Waals surface area contributed by atoms with Crippen molar-refractivity contribution in [3.63, 3.8) is 0 Å². The quantitative estimate of drug-likeness (QED) is 0.0666. The number of hydrogen-bond donors (Lipinski definition) is 3. The van der Waals surface area contributed by atoms with Gasteiger partial charge in [0.05, 0.1) is 36.5 Å². The number of nitrogens with two attached hydrogens (primary N) is 1. The number of methoxy groups -OCH3 is 1. The number of unbranched alkanes of at least 4 members (excludes halogenated alkanes) is 1. The lowest BCUT2D eigenvalue weighted by Gasteiger charge is -2.46. The Balaban J connectivity index is 0.00000336. The fourth-order valence-electron chi connectivity index (χ4n) is 10.1. The molecule has 13 atom stereocenters. The van der Waals surface area contributed by atoms with Gasteiger partial charge in [-0.25, -0.2) is 4.79 Å². The van der Waals surface area contributed by atoms with Gasteiger partial charge in [-0.15, -0.1) is 5.10 Å². The molecule has 4 heterocycles. The Morgan fingerprint density at radius 1 is 1.12 bits per heavy atom. The lowest BCUT2D eigenvalue weighted by Crippen LogP contribution is -2.61. The standard InChI is InChI=1S/C48H77N7O11.CH3FS/c1-14-37-48(10)41(55(45(60)66-48)21-16-15-20-54-27-35(51-52-54)32-18-17-19-33(49)23-32)31(5)50-26-28(2)25-47(9,61-13)42(64-44-40(58)36(53(11)12)22-29(3)62-44)30(4)39(57)34(43(59)63-37)24-38(56)65-46(6,7)8;1-3-2/h17-19,23,27-31,34,36-37,40-42,44,50,58H,14-16,20-22,24-26,49H2,1-13H3;1H3/t28-,29?,30+,31-,34-,36?,37-,40?,41-,42-,44+,47-,48-;/m1./s1. The smallest absolute Gasteiger partial charge is 0.410 e. The van der Waals surface area contributed by atoms with Crippen molar-refractivity contribution < 1.29 is 56.6 Å². The van der Waals surface area contributed by atoms with Gasteiger partial charge in [-0.3, -0.25) is 24.0 Å². The van der Waals surface area contributed by atoms with Gasteiger partial charge in [-0.1, -0.05) is 38.1 Å². The number of aryl methyl sites for hydroxylation is 1. The van der Waals surface area contributed by atoms with Crippen molar-refractivity contribution in [1.82, 2.24) is 30.1 Å². The highest BCUT2D eigenvalue weighted by molar-refractivity contribution is 7.93. The van der Waals surface area contributed by atoms with Gasteiger partial charge >= 0.3 is 18.0 Å². The minimum Gasteiger partial charge on any atom is -0.460 e. The van der Waals surface area contributed by atoms with Crippen LogP contribution in [0.2, 0.25) is 0 Å². The summed E-state index contributed by atoms with van der Waals surface area (Å²) in [7, 11) is 5.29. The van der Waals surface area contributed by atoms with Crippen LogP contribution < -0.4 is 11.1 Å². The molecule has 3 aliphatic rings. The van der Waals surface area contributed by atoms with Gasteiger partial charge in [-0.05, 0) is 119 Å². The number of nitrogens with one attached hydrogen (secondary N) is 1. The fourth-order valence-corrected chi connectivity index (χ4v) is 10.1. The number of benzene rings is 1. The van der Waals surface area contributed by atoms with E-state index in [2.05, 4.69) is 22.6 Å². The average molecular weight is 994 g/mol. The highest BCUT2D eigenvalue weighted by Crippen LogP contribution is 2.41. The number of Topliss-reactive ketones (excluding diaryl/α,β-unsaturated/α-hetero) is 1. The van der Waals surface area contributed by atoms with Crippen LogP contribution in [0.1, 0.15) is 108 Å². The summed E-state index contributed by atoms with van der Waals surface area (Å²) in [6.07, 6.45) is -0.110. The van der Waals surface area contributed by atoms with Crippen LogP contribution in [0, 0.1) is 17.8 Å². The molecule has 3 aliphatic heterocycles. The topological polar surface area (TPSA) is 219 Å². The molecule has 3 fully saturated rings. The van der Waals surface area contributed by atoms with Crippen molar-refractivity contribution in [2.24, 2.45) is 17.8 Å². The number of aliphatic hydroxyl groups excluding tert-OH is 1. The number of amides is 1. The van der Waals surface area contributed by atoms with Gasteiger partial charge in [0.2, 0.25) is 0 Å². The van der Waals surface area contributed by atoms with Gasteiger partial charge in [0.15, 0.2) is 17.7 Å². The number of aliphatic hydroxyl groups is 1. The highest BCUT2D eigenvalue weighted by atomic mass is 32.2. The molecule has 20 heteroatoms. The maximum Gasteiger partial charge on any atom is 0.410 e. The minimum absolute atomic E-state index is 0.100. The number of cyclic esters (lactones) is 1. The number of esters is 2. The highest BCUT2D eigenvalue weighted by Gasteiger charge is 2.59. The molecule has 1 aromatic carbocycles. The minimum atomic E-state index is -1.63. The maximum absolute atomic E-state index is 15.1. The molecule has 390 valence electrons. The molecule has 0 aliphatic carbocycles. The van der Waals surface area contributed by atoms with E-state index < -0.39 is 89.5 Å². The first-order chi connectivity index (χ1) is 32.3. The largest absolute Gasteiger partial charge is 0.460 e. The van der Waals surface area contributed by atoms with Gasteiger partial charge in [0.1, 0.15) is 29.4 Å². The zero-order chi connectivity index (χ0) is 51.6. The van der Waals surface area contributed by atoms with Crippen LogP contribution in [0.3, 0.4) is 0 Å². The monoisotopic (exact) mass is 994 g/mol. The van der Waals surface area contributed by atoms with E-state index in [-0.39, 0.29) is 42.7 Å². The Morgan fingerprint density at radius 2 is 1.78 bits per heavy atom. The number of ketones is 1. The summed E-state index contributed by atoms with van der Waals surface area (Å²) in [5, 5.41) is 23.9. The molecule has 1 aromatic heterocycles. The first-order valence-electron chi connectivity index (χ1n) is 24.1. The van der Waals surface area contributed by atoms with Crippen LogP contribution in [-0.4, -0.2) is 160 Å². The first kappa shape index (κ1) is 57.7. The normalized spacial score (nSPS) is 32.8. The van der Waals surface area contributed by atoms with Gasteiger partial charge in [-0.2, -0.15) is 3.89 Å². The molecule has 3 saturated heterocycles. The second-order valence-electron chi connectivity index (χ2n) is 20.6. The number of carbonyl (C=O) groups excluding carboxylic acids is 4. The number of rotatable bonds is 13. The van der Waals surface area contributed by atoms with E-state index in [1.807, 2.05) is 77.2 Å². The number of ether oxygens (including phenoxy) is 6. The number of aromatic nitrogens is 3. The number of anilines is 1. The van der Waals surface area contributed by atoms with Gasteiger partial charge in [0.25, 0.3) is 0 Å². The second kappa shape index (κ2) is 25.0. The maximum atomic E-state index is 15.1. The van der Waals surface area contributed by atoms with E-state index in [4.69, 9.17) is 34.2 Å². The van der Waals surface area contributed by atoms with Crippen LogP contribution in [0.25, 0.3) is 11.3 Å². The number of carbonyl (C=O) groups is 4. The lowest BCUT2D eigenvalue weighted by molar-refractivity contribution is -0.295. The van der Waals surface area contributed by atoms with E-state index in [0.29, 0.717) is 56.7 Å². The number of nitrogen functional groups attached to an aromatic ring is 1. The average Bonchev–Trinajstić information content (AvgIpc) is 3.85. The van der Waals surface area contributed by atoms with E-state index in [1.54, 1.807) is 51.3 Å². The summed E-state index contributed by atoms with van der Waals surface area (Å²) in [6.45, 7) is 19.5. The van der Waals surface area contributed by atoms with Gasteiger partial charge in [0, 0.05) is 67.9 Å². The van der Waals surface area contributed by atoms with Crippen LogP contribution in [-0.2, 0) is 49.3 Å². The molecule has 1 amide bonds. The van der Waals surface area contributed by atoms with E-state index in [1.165, 1.54) is 6.26 Å². The molecule has 0 spiro atoms. The number of halogens is 1. The van der Waals surface area contributed by atoms with Crippen LogP contribution in [0.15, 0.2) is 30.5 Å².